The van der Waals surface area contributed by atoms with Gasteiger partial charge in [0.15, 0.2) is 0 Å². The molecule has 4 rings (SSSR count). The number of piperazine rings is 1. The van der Waals surface area contributed by atoms with Crippen LogP contribution in [-0.2, 0) is 21.0 Å². The molecule has 10 nitrogen and oxygen atoms in total. The topological polar surface area (TPSA) is 128 Å². The van der Waals surface area contributed by atoms with Gasteiger partial charge in [0.1, 0.15) is 5.75 Å². The predicted molar refractivity (Wildman–Crippen MR) is 167 cm³/mol. The number of benzene rings is 3. The predicted octanol–water partition coefficient (Wildman–Crippen LogP) is 6.18. The highest BCUT2D eigenvalue weighted by atomic mass is 32.2. The molecule has 3 aromatic rings. The Bertz CT molecular complexity index is 1670. The molecular weight excluding hydrogens is 670 g/mol. The molecule has 0 bridgehead atoms. The molecule has 0 aliphatic carbocycles. The number of carbonyl (C=O) groups excluding carboxylic acids is 1. The van der Waals surface area contributed by atoms with E-state index in [4.69, 9.17) is 14.6 Å². The quantitative estimate of drug-likeness (QED) is 0.226. The van der Waals surface area contributed by atoms with Crippen molar-refractivity contribution in [1.82, 2.24) is 4.90 Å². The summed E-state index contributed by atoms with van der Waals surface area (Å²) in [5.41, 5.74) is 0.448. The van der Waals surface area contributed by atoms with Gasteiger partial charge < -0.3 is 20.1 Å². The number of hydrogen-bond donors (Lipinski definition) is 3. The van der Waals surface area contributed by atoms with Crippen molar-refractivity contribution in [3.8, 4) is 5.75 Å². The van der Waals surface area contributed by atoms with E-state index >= 15 is 0 Å². The Balaban J connectivity index is 0.000000804. The van der Waals surface area contributed by atoms with Crippen molar-refractivity contribution in [2.24, 2.45) is 5.92 Å². The van der Waals surface area contributed by atoms with E-state index in [1.807, 2.05) is 0 Å². The Kier molecular flexibility index (Phi) is 12.3. The van der Waals surface area contributed by atoms with Crippen LogP contribution < -0.4 is 19.7 Å². The minimum Gasteiger partial charge on any atom is -0.495 e. The van der Waals surface area contributed by atoms with Crippen molar-refractivity contribution < 1.29 is 54.2 Å². The van der Waals surface area contributed by atoms with Gasteiger partial charge in [0.05, 0.1) is 28.9 Å². The molecule has 0 radical (unpaired) electrons. The number of anilines is 3. The molecule has 0 atom stereocenters. The highest BCUT2D eigenvalue weighted by molar-refractivity contribution is 7.92. The number of aliphatic carboxylic acids is 1. The Labute approximate surface area is 273 Å². The summed E-state index contributed by atoms with van der Waals surface area (Å²) in [6, 6.07) is 14.4. The van der Waals surface area contributed by atoms with E-state index in [0.29, 0.717) is 17.4 Å². The molecule has 1 fully saturated rings. The molecule has 17 heteroatoms. The third kappa shape index (κ3) is 10.8. The van der Waals surface area contributed by atoms with E-state index in [1.54, 1.807) is 25.3 Å². The fourth-order valence-corrected chi connectivity index (χ4v) is 5.75. The lowest BCUT2D eigenvalue weighted by Gasteiger charge is -2.37. The number of alkyl halides is 6. The minimum absolute atomic E-state index is 0.0301. The average Bonchev–Trinajstić information content (AvgIpc) is 3.00. The van der Waals surface area contributed by atoms with Gasteiger partial charge in [-0.15, -0.1) is 0 Å². The van der Waals surface area contributed by atoms with Crippen molar-refractivity contribution in [1.29, 1.82) is 0 Å². The van der Waals surface area contributed by atoms with Crippen molar-refractivity contribution in [3.05, 3.63) is 77.9 Å². The molecule has 1 aliphatic heterocycles. The molecule has 1 heterocycles. The molecule has 3 N–H and O–H groups in total. The maximum Gasteiger partial charge on any atom is 0.490 e. The molecule has 1 saturated heterocycles. The van der Waals surface area contributed by atoms with E-state index in [2.05, 4.69) is 33.7 Å². The second-order valence-corrected chi connectivity index (χ2v) is 12.7. The number of ether oxygens (including phenoxy) is 1. The summed E-state index contributed by atoms with van der Waals surface area (Å²) in [5, 5.41) is 9.62. The number of nitrogens with zero attached hydrogens (tertiary/aromatic N) is 2. The van der Waals surface area contributed by atoms with E-state index in [1.165, 1.54) is 24.3 Å². The van der Waals surface area contributed by atoms with Gasteiger partial charge in [-0.05, 0) is 66.6 Å². The van der Waals surface area contributed by atoms with Crippen LogP contribution in [0, 0.1) is 5.92 Å². The Morgan fingerprint density at radius 2 is 1.48 bits per heavy atom. The normalized spacial score (nSPS) is 14.2. The number of rotatable bonds is 9. The van der Waals surface area contributed by atoms with Crippen LogP contribution in [0.25, 0.3) is 0 Å². The average molecular weight is 705 g/mol. The van der Waals surface area contributed by atoms with Gasteiger partial charge in [-0.25, -0.2) is 13.2 Å². The Morgan fingerprint density at radius 3 is 2.00 bits per heavy atom. The van der Waals surface area contributed by atoms with Crippen LogP contribution >= 0.6 is 0 Å². The number of nitrogens with one attached hydrogen (secondary N) is 2. The summed E-state index contributed by atoms with van der Waals surface area (Å²) in [7, 11) is -2.51. The van der Waals surface area contributed by atoms with Crippen LogP contribution in [0.5, 0.6) is 5.75 Å². The fraction of sp³-hybridized carbons (Fsp3) is 0.355. The Morgan fingerprint density at radius 1 is 0.896 bits per heavy atom. The first-order valence-corrected chi connectivity index (χ1v) is 15.9. The molecule has 262 valence electrons. The molecule has 48 heavy (non-hydrogen) atoms. The van der Waals surface area contributed by atoms with Crippen LogP contribution in [0.2, 0.25) is 0 Å². The standard InChI is InChI=1S/C29H33F3N4O4S.C2HF3O2/c1-20(2)19-35-13-15-36(16-14-35)26-18-24(11-12-27(26)40-3)34-41(38,39)25-6-4-5-21(17-25)28(37)33-23-9-7-22(8-10-23)29(30,31)32;3-2(4,5)1(6)7/h4-12,17-18,20,34H,13-16,19H2,1-3H3,(H,33,37);(H,6,7). The lowest BCUT2D eigenvalue weighted by atomic mass is 10.1. The zero-order valence-corrected chi connectivity index (χ0v) is 26.8. The minimum atomic E-state index is -5.08. The highest BCUT2D eigenvalue weighted by Crippen LogP contribution is 2.33. The molecule has 3 aromatic carbocycles. The first-order valence-electron chi connectivity index (χ1n) is 14.4. The number of halogens is 6. The summed E-state index contributed by atoms with van der Waals surface area (Å²) in [6.07, 6.45) is -9.58. The van der Waals surface area contributed by atoms with Crippen LogP contribution in [0.3, 0.4) is 0 Å². The third-order valence-corrected chi connectivity index (χ3v) is 8.27. The third-order valence-electron chi connectivity index (χ3n) is 6.89. The van der Waals surface area contributed by atoms with Crippen molar-refractivity contribution in [2.45, 2.75) is 31.1 Å². The fourth-order valence-electron chi connectivity index (χ4n) is 4.65. The number of hydrogen-bond acceptors (Lipinski definition) is 7. The molecule has 1 amide bonds. The second-order valence-electron chi connectivity index (χ2n) is 11.0. The van der Waals surface area contributed by atoms with E-state index in [9.17, 15) is 39.6 Å². The van der Waals surface area contributed by atoms with Crippen LogP contribution in [0.4, 0.5) is 43.4 Å². The molecule has 0 unspecified atom stereocenters. The molecule has 0 saturated carbocycles. The summed E-state index contributed by atoms with van der Waals surface area (Å²) in [5.74, 6) is -2.21. The zero-order valence-electron chi connectivity index (χ0n) is 26.0. The zero-order chi connectivity index (χ0) is 35.9. The Hall–Kier alpha value is -4.51. The number of carboxylic acids is 1. The molecular formula is C31H34F6N4O6S. The highest BCUT2D eigenvalue weighted by Gasteiger charge is 2.38. The summed E-state index contributed by atoms with van der Waals surface area (Å²) < 4.78 is 105. The number of methoxy groups -OCH3 is 1. The number of carboxylic acid groups (broad SMARTS) is 1. The van der Waals surface area contributed by atoms with Crippen LogP contribution in [0.15, 0.2) is 71.6 Å². The van der Waals surface area contributed by atoms with Gasteiger partial charge in [-0.2, -0.15) is 26.3 Å². The largest absolute Gasteiger partial charge is 0.495 e. The first-order chi connectivity index (χ1) is 22.3. The van der Waals surface area contributed by atoms with Gasteiger partial charge >= 0.3 is 18.3 Å². The van der Waals surface area contributed by atoms with Crippen molar-refractivity contribution >= 4 is 39.0 Å². The van der Waals surface area contributed by atoms with Gasteiger partial charge in [-0.1, -0.05) is 19.9 Å². The van der Waals surface area contributed by atoms with Crippen LogP contribution in [-0.4, -0.2) is 76.3 Å². The summed E-state index contributed by atoms with van der Waals surface area (Å²) >= 11 is 0. The lowest BCUT2D eigenvalue weighted by Crippen LogP contribution is -2.47. The number of carbonyl (C=O) groups is 2. The smallest absolute Gasteiger partial charge is 0.490 e. The first kappa shape index (κ1) is 37.9. The number of amides is 1. The summed E-state index contributed by atoms with van der Waals surface area (Å²) in [6.45, 7) is 8.72. The van der Waals surface area contributed by atoms with Gasteiger partial charge in [0.25, 0.3) is 15.9 Å². The number of sulfonamides is 1. The SMILES string of the molecule is COc1ccc(NS(=O)(=O)c2cccc(C(=O)Nc3ccc(C(F)(F)F)cc3)c2)cc1N1CCN(CC(C)C)CC1.O=C(O)C(F)(F)F. The lowest BCUT2D eigenvalue weighted by molar-refractivity contribution is -0.192. The molecule has 0 spiro atoms. The maximum atomic E-state index is 13.3. The molecule has 1 aliphatic rings. The molecule has 0 aromatic heterocycles. The van der Waals surface area contributed by atoms with Crippen molar-refractivity contribution in [2.75, 3.05) is 54.8 Å². The van der Waals surface area contributed by atoms with Crippen molar-refractivity contribution in [3.63, 3.8) is 0 Å². The maximum absolute atomic E-state index is 13.3. The van der Waals surface area contributed by atoms with E-state index < -0.39 is 39.8 Å². The van der Waals surface area contributed by atoms with E-state index in [-0.39, 0.29) is 16.1 Å². The van der Waals surface area contributed by atoms with Crippen LogP contribution in [0.1, 0.15) is 29.8 Å². The second kappa shape index (κ2) is 15.6. The monoisotopic (exact) mass is 704 g/mol. The van der Waals surface area contributed by atoms with Gasteiger partial charge in [0.2, 0.25) is 0 Å². The van der Waals surface area contributed by atoms with E-state index in [0.717, 1.165) is 62.7 Å². The summed E-state index contributed by atoms with van der Waals surface area (Å²) in [4.78, 5) is 26.1. The van der Waals surface area contributed by atoms with Gasteiger partial charge in [0, 0.05) is 44.0 Å². The van der Waals surface area contributed by atoms with Gasteiger partial charge in [-0.3, -0.25) is 14.4 Å².